The Morgan fingerprint density at radius 3 is 2.75 bits per heavy atom. The van der Waals surface area contributed by atoms with E-state index in [1.165, 1.54) is 5.56 Å². The predicted molar refractivity (Wildman–Crippen MR) is 74.0 cm³/mol. The van der Waals surface area contributed by atoms with Crippen LogP contribution in [0.1, 0.15) is 59.3 Å². The molecule has 0 saturated heterocycles. The van der Waals surface area contributed by atoms with Gasteiger partial charge in [0, 0.05) is 5.92 Å². The highest BCUT2D eigenvalue weighted by Crippen LogP contribution is 2.54. The molecule has 3 rings (SSSR count). The van der Waals surface area contributed by atoms with Crippen molar-refractivity contribution >= 4 is 5.97 Å². The lowest BCUT2D eigenvalue weighted by molar-refractivity contribution is 0.0658. The summed E-state index contributed by atoms with van der Waals surface area (Å²) in [4.78, 5) is 15.6. The summed E-state index contributed by atoms with van der Waals surface area (Å²) in [6, 6.07) is 10.2. The first-order valence-corrected chi connectivity index (χ1v) is 6.98. The largest absolute Gasteiger partial charge is 0.475 e. The number of nitrogens with zero attached hydrogens (tertiary/aromatic N) is 1. The molecule has 1 fully saturated rings. The summed E-state index contributed by atoms with van der Waals surface area (Å²) < 4.78 is 5.49. The van der Waals surface area contributed by atoms with Crippen molar-refractivity contribution in [2.75, 3.05) is 0 Å². The predicted octanol–water partition coefficient (Wildman–Crippen LogP) is 3.60. The van der Waals surface area contributed by atoms with Gasteiger partial charge in [-0.05, 0) is 24.3 Å². The van der Waals surface area contributed by atoms with Crippen LogP contribution in [0.25, 0.3) is 0 Å². The zero-order chi connectivity index (χ0) is 14.1. The zero-order valence-corrected chi connectivity index (χ0v) is 11.4. The average molecular weight is 271 g/mol. The van der Waals surface area contributed by atoms with Crippen molar-refractivity contribution in [3.63, 3.8) is 0 Å². The molecule has 1 aliphatic carbocycles. The molecule has 2 unspecified atom stereocenters. The Hall–Kier alpha value is -2.10. The van der Waals surface area contributed by atoms with Crippen molar-refractivity contribution in [2.24, 2.45) is 0 Å². The number of carboxylic acids is 1. The van der Waals surface area contributed by atoms with Gasteiger partial charge in [0.1, 0.15) is 0 Å². The molecule has 4 nitrogen and oxygen atoms in total. The summed E-state index contributed by atoms with van der Waals surface area (Å²) in [6.45, 7) is 2.00. The highest BCUT2D eigenvalue weighted by atomic mass is 16.4. The molecule has 104 valence electrons. The van der Waals surface area contributed by atoms with Gasteiger partial charge in [-0.1, -0.05) is 43.7 Å². The first-order chi connectivity index (χ1) is 9.70. The maximum atomic E-state index is 11.2. The molecular formula is C16H17NO3. The van der Waals surface area contributed by atoms with Gasteiger partial charge in [0.05, 0.1) is 5.69 Å². The van der Waals surface area contributed by atoms with Gasteiger partial charge in [0.2, 0.25) is 5.76 Å². The minimum Gasteiger partial charge on any atom is -0.475 e. The molecule has 1 aromatic heterocycles. The minimum absolute atomic E-state index is 0.0144. The van der Waals surface area contributed by atoms with E-state index in [0.29, 0.717) is 23.9 Å². The number of aryl methyl sites for hydroxylation is 1. The molecule has 0 amide bonds. The number of carboxylic acid groups (broad SMARTS) is 1. The van der Waals surface area contributed by atoms with E-state index >= 15 is 0 Å². The second kappa shape index (κ2) is 5.12. The molecule has 1 aliphatic rings. The minimum atomic E-state index is -1.02. The van der Waals surface area contributed by atoms with Crippen molar-refractivity contribution in [3.05, 3.63) is 53.2 Å². The van der Waals surface area contributed by atoms with Crippen LogP contribution >= 0.6 is 0 Å². The summed E-state index contributed by atoms with van der Waals surface area (Å²) in [5, 5.41) is 9.16. The van der Waals surface area contributed by atoms with Crippen molar-refractivity contribution in [3.8, 4) is 0 Å². The molecule has 0 radical (unpaired) electrons. The molecule has 2 aromatic rings. The van der Waals surface area contributed by atoms with Crippen LogP contribution in [0.15, 0.2) is 34.7 Å². The van der Waals surface area contributed by atoms with Crippen LogP contribution in [-0.2, 0) is 6.42 Å². The van der Waals surface area contributed by atoms with E-state index in [1.807, 2.05) is 25.1 Å². The normalized spacial score (nSPS) is 20.9. The Labute approximate surface area is 117 Å². The fourth-order valence-corrected chi connectivity index (χ4v) is 2.64. The maximum Gasteiger partial charge on any atom is 0.373 e. The molecule has 1 heterocycles. The monoisotopic (exact) mass is 271 g/mol. The third-order valence-electron chi connectivity index (χ3n) is 3.73. The number of hydrogen-bond donors (Lipinski definition) is 1. The molecule has 4 heteroatoms. The third kappa shape index (κ3) is 2.33. The highest BCUT2D eigenvalue weighted by Gasteiger charge is 2.43. The first kappa shape index (κ1) is 12.9. The second-order valence-electron chi connectivity index (χ2n) is 5.24. The summed E-state index contributed by atoms with van der Waals surface area (Å²) >= 11 is 0. The van der Waals surface area contributed by atoms with Crippen LogP contribution < -0.4 is 0 Å². The highest BCUT2D eigenvalue weighted by molar-refractivity contribution is 5.85. The van der Waals surface area contributed by atoms with Gasteiger partial charge in [-0.2, -0.15) is 0 Å². The number of aromatic nitrogens is 1. The average Bonchev–Trinajstić information content (AvgIpc) is 3.14. The number of rotatable bonds is 5. The van der Waals surface area contributed by atoms with Crippen LogP contribution in [0.3, 0.4) is 0 Å². The van der Waals surface area contributed by atoms with Crippen molar-refractivity contribution in [2.45, 2.75) is 38.0 Å². The quantitative estimate of drug-likeness (QED) is 0.902. The van der Waals surface area contributed by atoms with Gasteiger partial charge in [-0.3, -0.25) is 0 Å². The van der Waals surface area contributed by atoms with E-state index in [1.54, 1.807) is 0 Å². The second-order valence-corrected chi connectivity index (χ2v) is 5.24. The van der Waals surface area contributed by atoms with Gasteiger partial charge < -0.3 is 9.52 Å². The summed E-state index contributed by atoms with van der Waals surface area (Å²) in [7, 11) is 0. The molecule has 0 spiro atoms. The molecule has 0 bridgehead atoms. The van der Waals surface area contributed by atoms with Gasteiger partial charge in [-0.15, -0.1) is 0 Å². The molecule has 2 atom stereocenters. The van der Waals surface area contributed by atoms with Gasteiger partial charge in [-0.25, -0.2) is 9.78 Å². The van der Waals surface area contributed by atoms with E-state index in [0.717, 1.165) is 12.8 Å². The lowest BCUT2D eigenvalue weighted by Gasteiger charge is -1.96. The van der Waals surface area contributed by atoms with Crippen molar-refractivity contribution in [1.82, 2.24) is 4.98 Å². The number of hydrogen-bond acceptors (Lipinski definition) is 3. The van der Waals surface area contributed by atoms with Crippen LogP contribution in [0, 0.1) is 0 Å². The Kier molecular flexibility index (Phi) is 3.30. The van der Waals surface area contributed by atoms with Crippen LogP contribution in [0.5, 0.6) is 0 Å². The van der Waals surface area contributed by atoms with E-state index in [2.05, 4.69) is 17.1 Å². The third-order valence-corrected chi connectivity index (χ3v) is 3.73. The zero-order valence-electron chi connectivity index (χ0n) is 11.4. The Balaban J connectivity index is 1.82. The number of aromatic carboxylic acids is 1. The van der Waals surface area contributed by atoms with Gasteiger partial charge >= 0.3 is 5.97 Å². The van der Waals surface area contributed by atoms with Crippen LogP contribution in [0.4, 0.5) is 0 Å². The SMILES string of the molecule is CCCc1nc(C2CC2c2ccccc2)oc1C(=O)O. The topological polar surface area (TPSA) is 63.3 Å². The van der Waals surface area contributed by atoms with E-state index in [-0.39, 0.29) is 11.7 Å². The first-order valence-electron chi connectivity index (χ1n) is 6.98. The smallest absolute Gasteiger partial charge is 0.373 e. The van der Waals surface area contributed by atoms with Crippen molar-refractivity contribution < 1.29 is 14.3 Å². The van der Waals surface area contributed by atoms with E-state index in [4.69, 9.17) is 9.52 Å². The fraction of sp³-hybridized carbons (Fsp3) is 0.375. The van der Waals surface area contributed by atoms with Gasteiger partial charge in [0.15, 0.2) is 5.89 Å². The summed E-state index contributed by atoms with van der Waals surface area (Å²) in [5.41, 5.74) is 1.85. The molecule has 1 N–H and O–H groups in total. The molecule has 1 saturated carbocycles. The maximum absolute atomic E-state index is 11.2. The van der Waals surface area contributed by atoms with Crippen molar-refractivity contribution in [1.29, 1.82) is 0 Å². The summed E-state index contributed by atoms with van der Waals surface area (Å²) in [6.07, 6.45) is 2.49. The summed E-state index contributed by atoms with van der Waals surface area (Å²) in [5.74, 6) is 0.205. The molecule has 1 aromatic carbocycles. The Morgan fingerprint density at radius 2 is 2.10 bits per heavy atom. The lowest BCUT2D eigenvalue weighted by atomic mass is 10.1. The molecule has 0 aliphatic heterocycles. The number of carbonyl (C=O) groups is 1. The Bertz CT molecular complexity index is 618. The van der Waals surface area contributed by atoms with Crippen LogP contribution in [0.2, 0.25) is 0 Å². The van der Waals surface area contributed by atoms with Crippen LogP contribution in [-0.4, -0.2) is 16.1 Å². The van der Waals surface area contributed by atoms with Gasteiger partial charge in [0.25, 0.3) is 0 Å². The number of benzene rings is 1. The molecule has 20 heavy (non-hydrogen) atoms. The van der Waals surface area contributed by atoms with E-state index in [9.17, 15) is 4.79 Å². The lowest BCUT2D eigenvalue weighted by Crippen LogP contribution is -1.99. The van der Waals surface area contributed by atoms with E-state index < -0.39 is 5.97 Å². The Morgan fingerprint density at radius 1 is 1.35 bits per heavy atom. The fourth-order valence-electron chi connectivity index (χ4n) is 2.64. The standard InChI is InChI=1S/C16H17NO3/c1-2-6-13-14(16(18)19)20-15(17-13)12-9-11(12)10-7-4-3-5-8-10/h3-5,7-8,11-12H,2,6,9H2,1H3,(H,18,19). The number of oxazole rings is 1. The molecular weight excluding hydrogens is 254 g/mol.